The molecule has 0 saturated heterocycles. The Hall–Kier alpha value is -3.26. The standard InChI is InChI=1S/C18H19N5O3/c1-18(2,26)14(12-7-4-3-5-8-12)21-15(24)13-11-19-17(22-16(13)25)23-10-6-9-20-23/h3-11,14,26H,1-2H3,(H,21,24)(H,19,22,25). The van der Waals surface area contributed by atoms with E-state index in [0.29, 0.717) is 0 Å². The Balaban J connectivity index is 1.88. The minimum absolute atomic E-state index is 0.147. The molecule has 2 aromatic heterocycles. The molecule has 0 aliphatic heterocycles. The maximum absolute atomic E-state index is 12.6. The lowest BCUT2D eigenvalue weighted by Crippen LogP contribution is -2.43. The molecule has 0 fully saturated rings. The normalized spacial score (nSPS) is 12.6. The first-order valence-corrected chi connectivity index (χ1v) is 8.04. The lowest BCUT2D eigenvalue weighted by Gasteiger charge is -2.30. The van der Waals surface area contributed by atoms with E-state index in [9.17, 15) is 14.7 Å². The Labute approximate surface area is 149 Å². The monoisotopic (exact) mass is 353 g/mol. The van der Waals surface area contributed by atoms with Crippen molar-refractivity contribution in [3.05, 3.63) is 76.5 Å². The zero-order chi connectivity index (χ0) is 18.7. The van der Waals surface area contributed by atoms with Crippen molar-refractivity contribution < 1.29 is 9.90 Å². The molecule has 26 heavy (non-hydrogen) atoms. The smallest absolute Gasteiger partial charge is 0.265 e. The second kappa shape index (κ2) is 6.93. The molecule has 0 aliphatic carbocycles. The molecular weight excluding hydrogens is 334 g/mol. The van der Waals surface area contributed by atoms with E-state index in [4.69, 9.17) is 0 Å². The van der Waals surface area contributed by atoms with Gasteiger partial charge >= 0.3 is 0 Å². The molecule has 1 amide bonds. The van der Waals surface area contributed by atoms with E-state index < -0.39 is 23.1 Å². The second-order valence-corrected chi connectivity index (χ2v) is 6.37. The largest absolute Gasteiger partial charge is 0.388 e. The number of carbonyl (C=O) groups is 1. The molecule has 1 unspecified atom stereocenters. The van der Waals surface area contributed by atoms with Crippen LogP contribution in [0.15, 0.2) is 59.8 Å². The van der Waals surface area contributed by atoms with Gasteiger partial charge in [-0.2, -0.15) is 5.10 Å². The van der Waals surface area contributed by atoms with Crippen LogP contribution in [0.2, 0.25) is 0 Å². The van der Waals surface area contributed by atoms with Crippen molar-refractivity contribution in [3.8, 4) is 5.95 Å². The first kappa shape index (κ1) is 17.6. The third kappa shape index (κ3) is 3.70. The highest BCUT2D eigenvalue weighted by Crippen LogP contribution is 2.25. The molecule has 1 atom stereocenters. The van der Waals surface area contributed by atoms with Gasteiger partial charge in [0.05, 0.1) is 11.6 Å². The van der Waals surface area contributed by atoms with E-state index in [1.807, 2.05) is 18.2 Å². The molecule has 8 heteroatoms. The number of hydrogen-bond donors (Lipinski definition) is 3. The average Bonchev–Trinajstić information content (AvgIpc) is 3.13. The van der Waals surface area contributed by atoms with Crippen LogP contribution in [-0.4, -0.2) is 36.4 Å². The van der Waals surface area contributed by atoms with Crippen molar-refractivity contribution in [2.75, 3.05) is 0 Å². The van der Waals surface area contributed by atoms with Crippen LogP contribution in [0.4, 0.5) is 0 Å². The molecule has 0 saturated carbocycles. The van der Waals surface area contributed by atoms with E-state index >= 15 is 0 Å². The summed E-state index contributed by atoms with van der Waals surface area (Å²) in [5.41, 5.74) is -1.24. The SMILES string of the molecule is CC(C)(O)C(NC(=O)c1cnc(-n2cccn2)[nH]c1=O)c1ccccc1. The van der Waals surface area contributed by atoms with Gasteiger partial charge < -0.3 is 10.4 Å². The fraction of sp³-hybridized carbons (Fsp3) is 0.222. The molecule has 1 aromatic carbocycles. The van der Waals surface area contributed by atoms with Crippen LogP contribution in [0.1, 0.15) is 35.8 Å². The number of nitrogens with one attached hydrogen (secondary N) is 2. The van der Waals surface area contributed by atoms with Gasteiger partial charge in [-0.25, -0.2) is 9.67 Å². The van der Waals surface area contributed by atoms with Crippen LogP contribution >= 0.6 is 0 Å². The first-order chi connectivity index (χ1) is 12.4. The maximum Gasteiger partial charge on any atom is 0.265 e. The van der Waals surface area contributed by atoms with Gasteiger partial charge in [0.2, 0.25) is 5.95 Å². The predicted octanol–water partition coefficient (Wildman–Crippen LogP) is 1.20. The van der Waals surface area contributed by atoms with E-state index in [2.05, 4.69) is 20.4 Å². The molecule has 3 aromatic rings. The summed E-state index contributed by atoms with van der Waals surface area (Å²) in [4.78, 5) is 31.5. The summed E-state index contributed by atoms with van der Waals surface area (Å²) < 4.78 is 1.38. The number of hydrogen-bond acceptors (Lipinski definition) is 5. The number of aromatic amines is 1. The number of aliphatic hydroxyl groups is 1. The number of aromatic nitrogens is 4. The fourth-order valence-electron chi connectivity index (χ4n) is 2.58. The predicted molar refractivity (Wildman–Crippen MR) is 94.9 cm³/mol. The summed E-state index contributed by atoms with van der Waals surface area (Å²) in [6.07, 6.45) is 4.36. The fourth-order valence-corrected chi connectivity index (χ4v) is 2.58. The minimum Gasteiger partial charge on any atom is -0.388 e. The van der Waals surface area contributed by atoms with E-state index in [0.717, 1.165) is 5.56 Å². The van der Waals surface area contributed by atoms with Crippen molar-refractivity contribution in [3.63, 3.8) is 0 Å². The topological polar surface area (TPSA) is 113 Å². The summed E-state index contributed by atoms with van der Waals surface area (Å²) in [5, 5.41) is 17.1. The molecule has 0 bridgehead atoms. The summed E-state index contributed by atoms with van der Waals surface area (Å²) >= 11 is 0. The Morgan fingerprint density at radius 1 is 1.27 bits per heavy atom. The van der Waals surface area contributed by atoms with Crippen molar-refractivity contribution in [2.45, 2.75) is 25.5 Å². The van der Waals surface area contributed by atoms with Gasteiger partial charge in [0.15, 0.2) is 0 Å². The van der Waals surface area contributed by atoms with Crippen molar-refractivity contribution >= 4 is 5.91 Å². The third-order valence-electron chi connectivity index (χ3n) is 3.87. The molecular formula is C18H19N5O3. The van der Waals surface area contributed by atoms with Crippen molar-refractivity contribution in [2.24, 2.45) is 0 Å². The Bertz CT molecular complexity index is 943. The minimum atomic E-state index is -1.23. The zero-order valence-electron chi connectivity index (χ0n) is 14.4. The van der Waals surface area contributed by atoms with Crippen LogP contribution in [-0.2, 0) is 0 Å². The highest BCUT2D eigenvalue weighted by atomic mass is 16.3. The van der Waals surface area contributed by atoms with Crippen LogP contribution < -0.4 is 10.9 Å². The van der Waals surface area contributed by atoms with Gasteiger partial charge in [0.25, 0.3) is 11.5 Å². The van der Waals surface area contributed by atoms with Gasteiger partial charge in [-0.15, -0.1) is 0 Å². The summed E-state index contributed by atoms with van der Waals surface area (Å²) in [6.45, 7) is 3.18. The highest BCUT2D eigenvalue weighted by Gasteiger charge is 2.30. The van der Waals surface area contributed by atoms with E-state index in [-0.39, 0.29) is 11.5 Å². The highest BCUT2D eigenvalue weighted by molar-refractivity contribution is 5.93. The average molecular weight is 353 g/mol. The molecule has 3 N–H and O–H groups in total. The second-order valence-electron chi connectivity index (χ2n) is 6.37. The molecule has 0 spiro atoms. The summed E-state index contributed by atoms with van der Waals surface area (Å²) in [7, 11) is 0. The maximum atomic E-state index is 12.6. The van der Waals surface area contributed by atoms with Gasteiger partial charge in [-0.05, 0) is 25.5 Å². The Kier molecular flexibility index (Phi) is 4.68. The number of amides is 1. The van der Waals surface area contributed by atoms with Gasteiger partial charge in [-0.1, -0.05) is 30.3 Å². The number of rotatable bonds is 5. The molecule has 134 valence electrons. The lowest BCUT2D eigenvalue weighted by atomic mass is 9.91. The zero-order valence-corrected chi connectivity index (χ0v) is 14.4. The van der Waals surface area contributed by atoms with E-state index in [1.54, 1.807) is 44.4 Å². The summed E-state index contributed by atoms with van der Waals surface area (Å²) in [6, 6.07) is 10.1. The number of nitrogens with zero attached hydrogens (tertiary/aromatic N) is 3. The lowest BCUT2D eigenvalue weighted by molar-refractivity contribution is 0.0343. The van der Waals surface area contributed by atoms with Crippen LogP contribution in [0.3, 0.4) is 0 Å². The van der Waals surface area contributed by atoms with Crippen LogP contribution in [0.5, 0.6) is 0 Å². The Morgan fingerprint density at radius 3 is 2.58 bits per heavy atom. The quantitative estimate of drug-likeness (QED) is 0.638. The first-order valence-electron chi connectivity index (χ1n) is 8.04. The molecule has 0 aliphatic rings. The molecule has 3 rings (SSSR count). The van der Waals surface area contributed by atoms with Crippen LogP contribution in [0.25, 0.3) is 5.95 Å². The number of carbonyl (C=O) groups excluding carboxylic acids is 1. The molecule has 0 radical (unpaired) electrons. The van der Waals surface area contributed by atoms with Gasteiger partial charge in [0, 0.05) is 18.6 Å². The number of benzene rings is 1. The van der Waals surface area contributed by atoms with Gasteiger partial charge in [-0.3, -0.25) is 14.6 Å². The van der Waals surface area contributed by atoms with Crippen LogP contribution in [0, 0.1) is 0 Å². The van der Waals surface area contributed by atoms with Crippen molar-refractivity contribution in [1.82, 2.24) is 25.1 Å². The molecule has 8 nitrogen and oxygen atoms in total. The molecule has 2 heterocycles. The summed E-state index contributed by atoms with van der Waals surface area (Å²) in [5.74, 6) is -0.416. The third-order valence-corrected chi connectivity index (χ3v) is 3.87. The Morgan fingerprint density at radius 2 is 2.00 bits per heavy atom. The number of H-pyrrole nitrogens is 1. The van der Waals surface area contributed by atoms with Gasteiger partial charge in [0.1, 0.15) is 5.56 Å². The van der Waals surface area contributed by atoms with Crippen molar-refractivity contribution in [1.29, 1.82) is 0 Å². The van der Waals surface area contributed by atoms with E-state index in [1.165, 1.54) is 10.9 Å².